The molecule has 0 aliphatic heterocycles. The summed E-state index contributed by atoms with van der Waals surface area (Å²) in [5.41, 5.74) is 2.24. The summed E-state index contributed by atoms with van der Waals surface area (Å²) in [6, 6.07) is 8.25. The van der Waals surface area contributed by atoms with Gasteiger partial charge >= 0.3 is 0 Å². The molecule has 0 spiro atoms. The van der Waals surface area contributed by atoms with Gasteiger partial charge in [-0.25, -0.2) is 0 Å². The zero-order chi connectivity index (χ0) is 15.1. The Balaban J connectivity index is 2.13. The van der Waals surface area contributed by atoms with Crippen LogP contribution in [-0.2, 0) is 17.8 Å². The topological polar surface area (TPSA) is 37.6 Å². The Morgan fingerprint density at radius 2 is 2.05 bits per heavy atom. The van der Waals surface area contributed by atoms with E-state index in [9.17, 15) is 0 Å². The summed E-state index contributed by atoms with van der Waals surface area (Å²) in [7, 11) is 2.10. The van der Waals surface area contributed by atoms with Gasteiger partial charge in [0.15, 0.2) is 0 Å². The fraction of sp³-hybridized carbons (Fsp3) is 0.529. The van der Waals surface area contributed by atoms with E-state index in [0.717, 1.165) is 50.7 Å². The third-order valence-corrected chi connectivity index (χ3v) is 3.57. The van der Waals surface area contributed by atoms with Crippen molar-refractivity contribution in [2.24, 2.45) is 0 Å². The van der Waals surface area contributed by atoms with Crippen molar-refractivity contribution in [1.82, 2.24) is 10.2 Å². The molecule has 116 valence electrons. The molecule has 0 atom stereocenters. The largest absolute Gasteiger partial charge is 0.459 e. The Morgan fingerprint density at radius 3 is 2.81 bits per heavy atom. The van der Waals surface area contributed by atoms with Gasteiger partial charge in [-0.1, -0.05) is 25.1 Å². The van der Waals surface area contributed by atoms with Crippen molar-refractivity contribution in [1.29, 1.82) is 0 Å². The number of rotatable bonds is 9. The first-order valence-electron chi connectivity index (χ1n) is 7.72. The van der Waals surface area contributed by atoms with Gasteiger partial charge in [-0.05, 0) is 26.6 Å². The maximum absolute atomic E-state index is 6.05. The molecule has 0 saturated heterocycles. The molecular formula is C17H26N2O2. The highest BCUT2D eigenvalue weighted by atomic mass is 16.5. The first-order chi connectivity index (χ1) is 10.3. The highest BCUT2D eigenvalue weighted by Crippen LogP contribution is 2.26. The second kappa shape index (κ2) is 8.17. The van der Waals surface area contributed by atoms with Crippen molar-refractivity contribution >= 4 is 11.0 Å². The number of para-hydroxylation sites is 1. The van der Waals surface area contributed by atoms with Gasteiger partial charge < -0.3 is 14.5 Å². The second-order valence-corrected chi connectivity index (χ2v) is 5.21. The Kier molecular flexibility index (Phi) is 6.23. The first kappa shape index (κ1) is 16.0. The Bertz CT molecular complexity index is 551. The molecule has 0 aliphatic rings. The van der Waals surface area contributed by atoms with E-state index in [1.807, 2.05) is 19.1 Å². The molecule has 0 bridgehead atoms. The second-order valence-electron chi connectivity index (χ2n) is 5.21. The monoisotopic (exact) mass is 290 g/mol. The summed E-state index contributed by atoms with van der Waals surface area (Å²) in [6.45, 7) is 9.19. The lowest BCUT2D eigenvalue weighted by molar-refractivity contribution is 0.118. The van der Waals surface area contributed by atoms with Gasteiger partial charge in [0.1, 0.15) is 11.3 Å². The van der Waals surface area contributed by atoms with Crippen molar-refractivity contribution in [3.63, 3.8) is 0 Å². The van der Waals surface area contributed by atoms with Crippen molar-refractivity contribution in [3.8, 4) is 0 Å². The van der Waals surface area contributed by atoms with Crippen molar-refractivity contribution in [2.45, 2.75) is 26.9 Å². The normalized spacial score (nSPS) is 11.6. The van der Waals surface area contributed by atoms with Crippen molar-refractivity contribution in [3.05, 3.63) is 35.6 Å². The summed E-state index contributed by atoms with van der Waals surface area (Å²) in [6.07, 6.45) is 0. The smallest absolute Gasteiger partial charge is 0.134 e. The molecule has 0 fully saturated rings. The predicted molar refractivity (Wildman–Crippen MR) is 86.4 cm³/mol. The van der Waals surface area contributed by atoms with E-state index >= 15 is 0 Å². The summed E-state index contributed by atoms with van der Waals surface area (Å²) >= 11 is 0. The average molecular weight is 290 g/mol. The molecule has 1 heterocycles. The molecule has 2 rings (SSSR count). The molecule has 21 heavy (non-hydrogen) atoms. The van der Waals surface area contributed by atoms with Crippen LogP contribution in [0.2, 0.25) is 0 Å². The summed E-state index contributed by atoms with van der Waals surface area (Å²) in [5, 5.41) is 4.62. The van der Waals surface area contributed by atoms with Crippen LogP contribution in [0.25, 0.3) is 11.0 Å². The van der Waals surface area contributed by atoms with Crippen LogP contribution in [0.4, 0.5) is 0 Å². The van der Waals surface area contributed by atoms with E-state index in [0.29, 0.717) is 0 Å². The third-order valence-electron chi connectivity index (χ3n) is 3.57. The van der Waals surface area contributed by atoms with Crippen molar-refractivity contribution in [2.75, 3.05) is 33.4 Å². The quantitative estimate of drug-likeness (QED) is 0.720. The van der Waals surface area contributed by atoms with Crippen LogP contribution in [0.15, 0.2) is 28.7 Å². The molecule has 1 N–H and O–H groups in total. The number of nitrogens with one attached hydrogen (secondary N) is 1. The number of hydrogen-bond donors (Lipinski definition) is 1. The lowest BCUT2D eigenvalue weighted by Crippen LogP contribution is -2.23. The van der Waals surface area contributed by atoms with Gasteiger partial charge in [-0.2, -0.15) is 0 Å². The highest BCUT2D eigenvalue weighted by molar-refractivity contribution is 5.82. The maximum Gasteiger partial charge on any atom is 0.134 e. The van der Waals surface area contributed by atoms with Gasteiger partial charge in [0.2, 0.25) is 0 Å². The Hall–Kier alpha value is -1.36. The van der Waals surface area contributed by atoms with E-state index in [-0.39, 0.29) is 0 Å². The van der Waals surface area contributed by atoms with Crippen LogP contribution in [0.1, 0.15) is 25.2 Å². The fourth-order valence-electron chi connectivity index (χ4n) is 2.41. The lowest BCUT2D eigenvalue weighted by atomic mass is 10.1. The molecule has 2 aromatic rings. The first-order valence-corrected chi connectivity index (χ1v) is 7.72. The lowest BCUT2D eigenvalue weighted by Gasteiger charge is -2.16. The van der Waals surface area contributed by atoms with E-state index in [4.69, 9.17) is 9.15 Å². The summed E-state index contributed by atoms with van der Waals surface area (Å²) in [4.78, 5) is 2.24. The molecular weight excluding hydrogens is 264 g/mol. The third kappa shape index (κ3) is 4.30. The molecule has 0 unspecified atom stereocenters. The molecule has 4 heteroatoms. The number of nitrogens with zero attached hydrogens (tertiary/aromatic N) is 1. The number of fused-ring (bicyclic) bond motifs is 1. The fourth-order valence-corrected chi connectivity index (χ4v) is 2.41. The molecule has 0 aliphatic carbocycles. The van der Waals surface area contributed by atoms with Gasteiger partial charge in [-0.3, -0.25) is 4.90 Å². The van der Waals surface area contributed by atoms with Gasteiger partial charge in [0.25, 0.3) is 0 Å². The van der Waals surface area contributed by atoms with Crippen LogP contribution in [-0.4, -0.2) is 38.3 Å². The van der Waals surface area contributed by atoms with Crippen molar-refractivity contribution < 1.29 is 9.15 Å². The number of hydrogen-bond acceptors (Lipinski definition) is 4. The van der Waals surface area contributed by atoms with Gasteiger partial charge in [0, 0.05) is 30.6 Å². The van der Waals surface area contributed by atoms with Crippen LogP contribution in [0.3, 0.4) is 0 Å². The summed E-state index contributed by atoms with van der Waals surface area (Å²) in [5.74, 6) is 1.05. The number of likely N-dealkylation sites (N-methyl/N-ethyl adjacent to an activating group) is 1. The van der Waals surface area contributed by atoms with E-state index in [2.05, 4.69) is 36.3 Å². The van der Waals surface area contributed by atoms with E-state index in [1.165, 1.54) is 10.9 Å². The zero-order valence-corrected chi connectivity index (χ0v) is 13.3. The minimum atomic E-state index is 0.760. The molecule has 0 saturated carbocycles. The number of ether oxygens (including phenoxy) is 1. The minimum Gasteiger partial charge on any atom is -0.459 e. The standard InChI is InChI=1S/C17H26N2O2/c1-4-18-12-15-14-8-6-7-9-16(14)21-17(15)13-19(3)10-11-20-5-2/h6-9,18H,4-5,10-13H2,1-3H3. The molecule has 1 aromatic carbocycles. The van der Waals surface area contributed by atoms with Crippen LogP contribution in [0, 0.1) is 0 Å². The SMILES string of the molecule is CCNCc1c(CN(C)CCOCC)oc2ccccc12. The van der Waals surface area contributed by atoms with Crippen LogP contribution >= 0.6 is 0 Å². The summed E-state index contributed by atoms with van der Waals surface area (Å²) < 4.78 is 11.5. The van der Waals surface area contributed by atoms with Gasteiger partial charge in [0.05, 0.1) is 13.2 Å². The van der Waals surface area contributed by atoms with E-state index in [1.54, 1.807) is 0 Å². The van der Waals surface area contributed by atoms with Crippen LogP contribution in [0.5, 0.6) is 0 Å². The highest BCUT2D eigenvalue weighted by Gasteiger charge is 2.14. The molecule has 4 nitrogen and oxygen atoms in total. The minimum absolute atomic E-state index is 0.760. The number of furan rings is 1. The maximum atomic E-state index is 6.05. The molecule has 0 amide bonds. The van der Waals surface area contributed by atoms with Gasteiger partial charge in [-0.15, -0.1) is 0 Å². The predicted octanol–water partition coefficient (Wildman–Crippen LogP) is 3.01. The van der Waals surface area contributed by atoms with E-state index < -0.39 is 0 Å². The molecule has 0 radical (unpaired) electrons. The van der Waals surface area contributed by atoms with Crippen LogP contribution < -0.4 is 5.32 Å². The number of benzene rings is 1. The zero-order valence-electron chi connectivity index (χ0n) is 13.3. The Morgan fingerprint density at radius 1 is 1.24 bits per heavy atom. The Labute approximate surface area is 127 Å². The average Bonchev–Trinajstić information content (AvgIpc) is 2.82. The molecule has 1 aromatic heterocycles.